The molecule has 0 bridgehead atoms. The highest BCUT2D eigenvalue weighted by Gasteiger charge is 2.22. The Labute approximate surface area is 120 Å². The number of halogens is 1. The third-order valence-electron chi connectivity index (χ3n) is 4.25. The normalized spacial score (nSPS) is 22.5. The number of esters is 1. The van der Waals surface area contributed by atoms with Crippen LogP contribution in [0.4, 0.5) is 4.39 Å². The fourth-order valence-corrected chi connectivity index (χ4v) is 3.07. The molecule has 0 atom stereocenters. The molecule has 1 fully saturated rings. The smallest absolute Gasteiger partial charge is 0.305 e. The molecule has 110 valence electrons. The van der Waals surface area contributed by atoms with Gasteiger partial charge in [0, 0.05) is 6.42 Å². The summed E-state index contributed by atoms with van der Waals surface area (Å²) in [5.74, 6) is 0.940. The van der Waals surface area contributed by atoms with Crippen LogP contribution in [0.5, 0.6) is 0 Å². The summed E-state index contributed by atoms with van der Waals surface area (Å²) in [5, 5.41) is 0. The van der Waals surface area contributed by atoms with Gasteiger partial charge in [0.1, 0.15) is 5.82 Å². The van der Waals surface area contributed by atoms with Crippen molar-refractivity contribution in [2.45, 2.75) is 51.4 Å². The maximum atomic E-state index is 12.9. The van der Waals surface area contributed by atoms with Crippen LogP contribution in [0.3, 0.4) is 0 Å². The molecule has 0 unspecified atom stereocenters. The predicted molar refractivity (Wildman–Crippen MR) is 77.0 cm³/mol. The lowest BCUT2D eigenvalue weighted by Crippen LogP contribution is -2.15. The van der Waals surface area contributed by atoms with Crippen LogP contribution in [-0.4, -0.2) is 12.6 Å². The van der Waals surface area contributed by atoms with Crippen molar-refractivity contribution in [2.24, 2.45) is 5.92 Å². The first-order chi connectivity index (χ1) is 9.69. The summed E-state index contributed by atoms with van der Waals surface area (Å²) < 4.78 is 17.9. The molecular formula is C17H23FO2. The number of rotatable bonds is 5. The fourth-order valence-electron chi connectivity index (χ4n) is 3.07. The number of ether oxygens (including phenoxy) is 1. The van der Waals surface area contributed by atoms with E-state index in [1.807, 2.05) is 19.1 Å². The topological polar surface area (TPSA) is 26.3 Å². The van der Waals surface area contributed by atoms with Crippen molar-refractivity contribution in [3.8, 4) is 0 Å². The van der Waals surface area contributed by atoms with Crippen LogP contribution in [0.25, 0.3) is 0 Å². The van der Waals surface area contributed by atoms with E-state index in [1.54, 1.807) is 12.1 Å². The van der Waals surface area contributed by atoms with Crippen molar-refractivity contribution in [3.63, 3.8) is 0 Å². The molecule has 3 heteroatoms. The largest absolute Gasteiger partial charge is 0.466 e. The first-order valence-corrected chi connectivity index (χ1v) is 7.60. The van der Waals surface area contributed by atoms with E-state index >= 15 is 0 Å². The molecule has 0 N–H and O–H groups in total. The van der Waals surface area contributed by atoms with Gasteiger partial charge in [0.25, 0.3) is 0 Å². The second-order valence-electron chi connectivity index (χ2n) is 5.61. The maximum absolute atomic E-state index is 12.9. The van der Waals surface area contributed by atoms with Crippen LogP contribution in [0.1, 0.15) is 56.9 Å². The number of carbonyl (C=O) groups is 1. The highest BCUT2D eigenvalue weighted by molar-refractivity contribution is 5.69. The van der Waals surface area contributed by atoms with Gasteiger partial charge in [-0.15, -0.1) is 0 Å². The van der Waals surface area contributed by atoms with Gasteiger partial charge in [0.2, 0.25) is 0 Å². The van der Waals surface area contributed by atoms with E-state index in [9.17, 15) is 9.18 Å². The zero-order chi connectivity index (χ0) is 14.4. The van der Waals surface area contributed by atoms with Gasteiger partial charge in [0.05, 0.1) is 6.61 Å². The zero-order valence-corrected chi connectivity index (χ0v) is 12.1. The first-order valence-electron chi connectivity index (χ1n) is 7.60. The first kappa shape index (κ1) is 15.0. The molecule has 0 radical (unpaired) electrons. The SMILES string of the molecule is CCOC(=O)CCC1CCC(c2ccc(F)cc2)CC1. The van der Waals surface area contributed by atoms with Gasteiger partial charge in [-0.2, -0.15) is 0 Å². The lowest BCUT2D eigenvalue weighted by molar-refractivity contribution is -0.143. The van der Waals surface area contributed by atoms with Crippen LogP contribution in [0.2, 0.25) is 0 Å². The second kappa shape index (κ2) is 7.41. The van der Waals surface area contributed by atoms with Gasteiger partial charge >= 0.3 is 5.97 Å². The minimum absolute atomic E-state index is 0.0758. The molecule has 0 aromatic heterocycles. The summed E-state index contributed by atoms with van der Waals surface area (Å²) >= 11 is 0. The van der Waals surface area contributed by atoms with Crippen molar-refractivity contribution in [1.29, 1.82) is 0 Å². The third-order valence-corrected chi connectivity index (χ3v) is 4.25. The van der Waals surface area contributed by atoms with E-state index in [1.165, 1.54) is 5.56 Å². The Balaban J connectivity index is 1.75. The molecule has 1 aliphatic rings. The van der Waals surface area contributed by atoms with E-state index < -0.39 is 0 Å². The maximum Gasteiger partial charge on any atom is 0.305 e. The van der Waals surface area contributed by atoms with Crippen molar-refractivity contribution in [2.75, 3.05) is 6.61 Å². The third kappa shape index (κ3) is 4.32. The van der Waals surface area contributed by atoms with E-state index in [2.05, 4.69) is 0 Å². The molecule has 0 heterocycles. The van der Waals surface area contributed by atoms with Gasteiger partial charge in [-0.05, 0) is 68.6 Å². The Morgan fingerprint density at radius 1 is 1.20 bits per heavy atom. The fraction of sp³-hybridized carbons (Fsp3) is 0.588. The Bertz CT molecular complexity index is 419. The van der Waals surface area contributed by atoms with Crippen LogP contribution in [0.15, 0.2) is 24.3 Å². The molecule has 2 rings (SSSR count). The molecular weight excluding hydrogens is 255 g/mol. The van der Waals surface area contributed by atoms with Crippen LogP contribution >= 0.6 is 0 Å². The molecule has 0 amide bonds. The van der Waals surface area contributed by atoms with Crippen LogP contribution in [-0.2, 0) is 9.53 Å². The molecule has 1 saturated carbocycles. The molecule has 2 nitrogen and oxygen atoms in total. The highest BCUT2D eigenvalue weighted by Crippen LogP contribution is 2.37. The van der Waals surface area contributed by atoms with Crippen molar-refractivity contribution >= 4 is 5.97 Å². The standard InChI is InChI=1S/C17H23FO2/c1-2-20-17(19)12-5-13-3-6-14(7-4-13)15-8-10-16(18)11-9-15/h8-11,13-14H,2-7,12H2,1H3. The van der Waals surface area contributed by atoms with Crippen molar-refractivity contribution in [3.05, 3.63) is 35.6 Å². The minimum Gasteiger partial charge on any atom is -0.466 e. The number of hydrogen-bond acceptors (Lipinski definition) is 2. The van der Waals surface area contributed by atoms with Gasteiger partial charge < -0.3 is 4.74 Å². The molecule has 0 aliphatic heterocycles. The minimum atomic E-state index is -0.170. The monoisotopic (exact) mass is 278 g/mol. The lowest BCUT2D eigenvalue weighted by Gasteiger charge is -2.28. The average Bonchev–Trinajstić information content (AvgIpc) is 2.47. The number of carbonyl (C=O) groups excluding carboxylic acids is 1. The summed E-state index contributed by atoms with van der Waals surface area (Å²) in [6.07, 6.45) is 6.07. The molecule has 0 spiro atoms. The molecule has 0 saturated heterocycles. The number of hydrogen-bond donors (Lipinski definition) is 0. The predicted octanol–water partition coefficient (Wildman–Crippen LogP) is 4.44. The molecule has 20 heavy (non-hydrogen) atoms. The average molecular weight is 278 g/mol. The summed E-state index contributed by atoms with van der Waals surface area (Å²) in [6.45, 7) is 2.31. The van der Waals surface area contributed by atoms with Crippen LogP contribution in [0, 0.1) is 11.7 Å². The Morgan fingerprint density at radius 2 is 1.85 bits per heavy atom. The second-order valence-corrected chi connectivity index (χ2v) is 5.61. The summed E-state index contributed by atoms with van der Waals surface area (Å²) in [7, 11) is 0. The van der Waals surface area contributed by atoms with E-state index in [4.69, 9.17) is 4.74 Å². The molecule has 1 aromatic rings. The highest BCUT2D eigenvalue weighted by atomic mass is 19.1. The van der Waals surface area contributed by atoms with Gasteiger partial charge in [-0.1, -0.05) is 12.1 Å². The van der Waals surface area contributed by atoms with Gasteiger partial charge in [-0.3, -0.25) is 4.79 Å². The summed E-state index contributed by atoms with van der Waals surface area (Å²) in [6, 6.07) is 6.89. The Hall–Kier alpha value is -1.38. The quantitative estimate of drug-likeness (QED) is 0.744. The van der Waals surface area contributed by atoms with E-state index in [0.717, 1.165) is 32.1 Å². The van der Waals surface area contributed by atoms with Crippen molar-refractivity contribution in [1.82, 2.24) is 0 Å². The van der Waals surface area contributed by atoms with E-state index in [0.29, 0.717) is 24.9 Å². The molecule has 1 aliphatic carbocycles. The summed E-state index contributed by atoms with van der Waals surface area (Å²) in [4.78, 5) is 11.3. The summed E-state index contributed by atoms with van der Waals surface area (Å²) in [5.41, 5.74) is 1.25. The molecule has 1 aromatic carbocycles. The number of benzene rings is 1. The Kier molecular flexibility index (Phi) is 5.57. The van der Waals surface area contributed by atoms with Gasteiger partial charge in [0.15, 0.2) is 0 Å². The van der Waals surface area contributed by atoms with Crippen molar-refractivity contribution < 1.29 is 13.9 Å². The van der Waals surface area contributed by atoms with Gasteiger partial charge in [-0.25, -0.2) is 4.39 Å². The van der Waals surface area contributed by atoms with Crippen LogP contribution < -0.4 is 0 Å². The Morgan fingerprint density at radius 3 is 2.45 bits per heavy atom. The van der Waals surface area contributed by atoms with E-state index in [-0.39, 0.29) is 11.8 Å². The lowest BCUT2D eigenvalue weighted by atomic mass is 9.77. The zero-order valence-electron chi connectivity index (χ0n) is 12.1.